The topological polar surface area (TPSA) is 123 Å². The summed E-state index contributed by atoms with van der Waals surface area (Å²) in [6, 6.07) is 28.2. The molecule has 0 aliphatic carbocycles. The van der Waals surface area contributed by atoms with E-state index in [1.165, 1.54) is 12.7 Å². The van der Waals surface area contributed by atoms with E-state index in [1.807, 2.05) is 62.4 Å². The van der Waals surface area contributed by atoms with Crippen LogP contribution in [0.1, 0.15) is 53.1 Å². The highest BCUT2D eigenvalue weighted by Gasteiger charge is 2.25. The van der Waals surface area contributed by atoms with E-state index in [0.29, 0.717) is 43.6 Å². The second kappa shape index (κ2) is 17.0. The predicted octanol–water partition coefficient (Wildman–Crippen LogP) is 4.72. The molecule has 9 nitrogen and oxygen atoms in total. The Labute approximate surface area is 294 Å². The molecule has 0 atom stereocenters. The SMILES string of the molecule is CCCN(Cc1cccc(C)c1B(O)N=O)Cc1c2ccccc2c(CN(CCC(=O)OC)Cc2cccc(C)c2B(O)O)c2ccccc12. The molecule has 0 amide bonds. The third-order valence-electron chi connectivity index (χ3n) is 9.55. The van der Waals surface area contributed by atoms with Gasteiger partial charge < -0.3 is 19.8 Å². The van der Waals surface area contributed by atoms with E-state index >= 15 is 0 Å². The molecule has 0 unspecified atom stereocenters. The van der Waals surface area contributed by atoms with Gasteiger partial charge in [-0.15, -0.1) is 0 Å². The summed E-state index contributed by atoms with van der Waals surface area (Å²) in [5.74, 6) is -0.309. The van der Waals surface area contributed by atoms with Crippen molar-refractivity contribution in [3.63, 3.8) is 0 Å². The summed E-state index contributed by atoms with van der Waals surface area (Å²) in [6.45, 7) is 9.20. The van der Waals surface area contributed by atoms with Crippen molar-refractivity contribution in [1.82, 2.24) is 9.80 Å². The van der Waals surface area contributed by atoms with E-state index in [0.717, 1.165) is 62.3 Å². The molecule has 5 aromatic carbocycles. The Morgan fingerprint density at radius 2 is 1.14 bits per heavy atom. The fraction of sp³-hybridized carbons (Fsp3) is 0.308. The van der Waals surface area contributed by atoms with Crippen LogP contribution < -0.4 is 10.9 Å². The van der Waals surface area contributed by atoms with Crippen LogP contribution >= 0.6 is 0 Å². The molecule has 11 heteroatoms. The highest BCUT2D eigenvalue weighted by molar-refractivity contribution is 6.65. The highest BCUT2D eigenvalue weighted by atomic mass is 16.5. The first kappa shape index (κ1) is 36.9. The van der Waals surface area contributed by atoms with Gasteiger partial charge in [-0.25, -0.2) is 0 Å². The van der Waals surface area contributed by atoms with Crippen LogP contribution in [0.5, 0.6) is 0 Å². The summed E-state index contributed by atoms with van der Waals surface area (Å²) in [5, 5.41) is 38.4. The van der Waals surface area contributed by atoms with Gasteiger partial charge in [-0.3, -0.25) is 14.6 Å². The molecule has 0 saturated carbocycles. The lowest BCUT2D eigenvalue weighted by molar-refractivity contribution is -0.141. The van der Waals surface area contributed by atoms with E-state index in [2.05, 4.69) is 58.2 Å². The molecule has 50 heavy (non-hydrogen) atoms. The average molecular weight is 673 g/mol. The van der Waals surface area contributed by atoms with Gasteiger partial charge in [-0.1, -0.05) is 108 Å². The van der Waals surface area contributed by atoms with Crippen molar-refractivity contribution >= 4 is 52.6 Å². The number of methoxy groups -OCH3 is 1. The van der Waals surface area contributed by atoms with Crippen LogP contribution in [-0.4, -0.2) is 65.2 Å². The molecule has 0 bridgehead atoms. The molecule has 3 N–H and O–H groups in total. The zero-order chi connectivity index (χ0) is 35.8. The Kier molecular flexibility index (Phi) is 12.6. The Balaban J connectivity index is 1.59. The van der Waals surface area contributed by atoms with Crippen molar-refractivity contribution in [3.05, 3.63) is 123 Å². The molecule has 0 fully saturated rings. The van der Waals surface area contributed by atoms with Crippen molar-refractivity contribution in [2.75, 3.05) is 20.2 Å². The van der Waals surface area contributed by atoms with Gasteiger partial charge in [0.15, 0.2) is 0 Å². The normalized spacial score (nSPS) is 11.5. The first-order valence-electron chi connectivity index (χ1n) is 17.1. The summed E-state index contributed by atoms with van der Waals surface area (Å²) in [5.41, 5.74) is 6.62. The Morgan fingerprint density at radius 3 is 1.58 bits per heavy atom. The molecule has 0 aliphatic rings. The number of fused-ring (bicyclic) bond motifs is 2. The fourth-order valence-electron chi connectivity index (χ4n) is 7.22. The van der Waals surface area contributed by atoms with Crippen molar-refractivity contribution in [3.8, 4) is 0 Å². The highest BCUT2D eigenvalue weighted by Crippen LogP contribution is 2.35. The van der Waals surface area contributed by atoms with Gasteiger partial charge >= 0.3 is 20.1 Å². The maximum atomic E-state index is 12.3. The third-order valence-corrected chi connectivity index (χ3v) is 9.55. The van der Waals surface area contributed by atoms with Gasteiger partial charge in [0.25, 0.3) is 0 Å². The van der Waals surface area contributed by atoms with Gasteiger partial charge in [0.05, 0.1) is 13.5 Å². The third kappa shape index (κ3) is 8.31. The maximum absolute atomic E-state index is 12.3. The summed E-state index contributed by atoms with van der Waals surface area (Å²) >= 11 is 0. The molecule has 0 heterocycles. The number of carbonyl (C=O) groups excluding carboxylic acids is 1. The standard InChI is InChI=1S/C39H45B2N3O6/c1-5-21-43(23-29-14-10-12-27(2)38(29)40(46)42-49)25-35-31-16-6-8-18-33(31)36(34-19-9-7-17-32(34)35)26-44(22-20-37(45)50-4)24-30-15-11-13-28(3)39(30)41(47)48/h6-19,46-48H,5,20-26H2,1-4H3. The Bertz CT molecular complexity index is 1910. The number of hydrogen-bond acceptors (Lipinski definition) is 9. The van der Waals surface area contributed by atoms with Crippen LogP contribution in [0.25, 0.3) is 21.5 Å². The number of ether oxygens (including phenoxy) is 1. The van der Waals surface area contributed by atoms with Crippen LogP contribution in [-0.2, 0) is 35.7 Å². The molecule has 5 rings (SSSR count). The van der Waals surface area contributed by atoms with Crippen molar-refractivity contribution in [1.29, 1.82) is 0 Å². The van der Waals surface area contributed by atoms with Crippen LogP contribution in [0, 0.1) is 18.8 Å². The number of esters is 1. The monoisotopic (exact) mass is 673 g/mol. The predicted molar refractivity (Wildman–Crippen MR) is 202 cm³/mol. The molecule has 0 aromatic heterocycles. The number of nitrogens with zero attached hydrogens (tertiary/aromatic N) is 3. The van der Waals surface area contributed by atoms with Gasteiger partial charge in [0.2, 0.25) is 0 Å². The zero-order valence-corrected chi connectivity index (χ0v) is 29.3. The number of aryl methyl sites for hydroxylation is 2. The van der Waals surface area contributed by atoms with Crippen molar-refractivity contribution < 1.29 is 24.6 Å². The fourth-order valence-corrected chi connectivity index (χ4v) is 7.22. The number of rotatable bonds is 16. The zero-order valence-electron chi connectivity index (χ0n) is 29.3. The lowest BCUT2D eigenvalue weighted by atomic mass is 9.70. The van der Waals surface area contributed by atoms with E-state index in [4.69, 9.17) is 4.74 Å². The molecular formula is C39H45B2N3O6. The van der Waals surface area contributed by atoms with Gasteiger partial charge in [0.1, 0.15) is 0 Å². The van der Waals surface area contributed by atoms with Crippen LogP contribution in [0.4, 0.5) is 0 Å². The average Bonchev–Trinajstić information content (AvgIpc) is 3.11. The lowest BCUT2D eigenvalue weighted by Crippen LogP contribution is -2.38. The Hall–Kier alpha value is -4.38. The molecule has 0 spiro atoms. The summed E-state index contributed by atoms with van der Waals surface area (Å²) in [4.78, 5) is 28.3. The van der Waals surface area contributed by atoms with Gasteiger partial charge in [-0.05, 0) is 81.5 Å². The number of hydrogen-bond donors (Lipinski definition) is 3. The second-order valence-electron chi connectivity index (χ2n) is 12.9. The van der Waals surface area contributed by atoms with Crippen LogP contribution in [0.3, 0.4) is 0 Å². The largest absolute Gasteiger partial charge is 0.518 e. The van der Waals surface area contributed by atoms with Crippen molar-refractivity contribution in [2.45, 2.75) is 59.8 Å². The number of benzene rings is 5. The Morgan fingerprint density at radius 1 is 0.680 bits per heavy atom. The quantitative estimate of drug-likeness (QED) is 0.0596. The number of nitroso groups, excluding NO2 is 1. The molecular weight excluding hydrogens is 628 g/mol. The number of carbonyl (C=O) groups is 1. The van der Waals surface area contributed by atoms with Crippen molar-refractivity contribution in [2.24, 2.45) is 5.09 Å². The first-order chi connectivity index (χ1) is 24.2. The molecule has 0 aliphatic heterocycles. The first-order valence-corrected chi connectivity index (χ1v) is 17.1. The molecule has 0 saturated heterocycles. The maximum Gasteiger partial charge on any atom is 0.518 e. The molecule has 5 aromatic rings. The van der Waals surface area contributed by atoms with Gasteiger partial charge in [-0.2, -0.15) is 4.91 Å². The second-order valence-corrected chi connectivity index (χ2v) is 12.9. The summed E-state index contributed by atoms with van der Waals surface area (Å²) < 4.78 is 4.99. The minimum Gasteiger partial charge on any atom is -0.469 e. The van der Waals surface area contributed by atoms with E-state index in [9.17, 15) is 24.8 Å². The van der Waals surface area contributed by atoms with Crippen LogP contribution in [0.15, 0.2) is 90.0 Å². The summed E-state index contributed by atoms with van der Waals surface area (Å²) in [6.07, 6.45) is 1.11. The van der Waals surface area contributed by atoms with Gasteiger partial charge in [0, 0.05) is 32.7 Å². The lowest BCUT2D eigenvalue weighted by Gasteiger charge is -2.28. The van der Waals surface area contributed by atoms with E-state index in [-0.39, 0.29) is 12.4 Å². The molecule has 258 valence electrons. The van der Waals surface area contributed by atoms with E-state index < -0.39 is 14.2 Å². The summed E-state index contributed by atoms with van der Waals surface area (Å²) in [7, 11) is -1.65. The minimum absolute atomic E-state index is 0.189. The smallest absolute Gasteiger partial charge is 0.469 e. The minimum atomic E-state index is -1.62. The van der Waals surface area contributed by atoms with Crippen LogP contribution in [0.2, 0.25) is 0 Å². The molecule has 0 radical (unpaired) electrons. The van der Waals surface area contributed by atoms with E-state index in [1.54, 1.807) is 0 Å².